The van der Waals surface area contributed by atoms with Gasteiger partial charge >= 0.3 is 0 Å². The van der Waals surface area contributed by atoms with Crippen LogP contribution in [0.4, 0.5) is 11.4 Å². The van der Waals surface area contributed by atoms with E-state index >= 15 is 0 Å². The third-order valence-electron chi connectivity index (χ3n) is 3.54. The van der Waals surface area contributed by atoms with Gasteiger partial charge in [-0.25, -0.2) is 5.43 Å². The molecule has 0 aliphatic heterocycles. The van der Waals surface area contributed by atoms with Crippen LogP contribution < -0.4 is 10.9 Å². The highest BCUT2D eigenvalue weighted by atomic mass is 16.6. The van der Waals surface area contributed by atoms with Gasteiger partial charge in [-0.05, 0) is 12.1 Å². The number of nitrogens with zero attached hydrogens (tertiary/aromatic N) is 1. The molecule has 0 heterocycles. The molecule has 0 aromatic heterocycles. The van der Waals surface area contributed by atoms with Crippen molar-refractivity contribution in [1.82, 2.24) is 5.43 Å². The lowest BCUT2D eigenvalue weighted by Crippen LogP contribution is -2.41. The molecule has 23 heavy (non-hydrogen) atoms. The molecule has 7 nitrogen and oxygen atoms in total. The maximum absolute atomic E-state index is 12.4. The molecule has 0 radical (unpaired) electrons. The molecule has 3 rings (SSSR count). The van der Waals surface area contributed by atoms with Crippen LogP contribution in [0, 0.1) is 10.1 Å². The van der Waals surface area contributed by atoms with Gasteiger partial charge in [0.05, 0.1) is 4.92 Å². The standard InChI is InChI=1S/C16H13N3O4/c20-15-9-13(16(21)11-6-2-1-5-10(11)15)18-17-12-7-3-4-8-14(12)19(22)23/h1-9,13,17-18,20H. The van der Waals surface area contributed by atoms with Crippen LogP contribution in [0.3, 0.4) is 0 Å². The van der Waals surface area contributed by atoms with Crippen molar-refractivity contribution in [3.05, 3.63) is 75.8 Å². The number of ketones is 1. The first kappa shape index (κ1) is 14.7. The summed E-state index contributed by atoms with van der Waals surface area (Å²) in [4.78, 5) is 22.9. The normalized spacial score (nSPS) is 16.4. The van der Waals surface area contributed by atoms with E-state index in [0.717, 1.165) is 0 Å². The fraction of sp³-hybridized carbons (Fsp3) is 0.0625. The maximum Gasteiger partial charge on any atom is 0.293 e. The number of para-hydroxylation sites is 2. The highest BCUT2D eigenvalue weighted by Crippen LogP contribution is 2.26. The molecule has 7 heteroatoms. The first-order chi connectivity index (χ1) is 11.1. The van der Waals surface area contributed by atoms with Gasteiger partial charge in [0, 0.05) is 17.2 Å². The molecule has 3 N–H and O–H groups in total. The number of aliphatic hydroxyl groups excluding tert-OH is 1. The van der Waals surface area contributed by atoms with Crippen LogP contribution in [0.2, 0.25) is 0 Å². The van der Waals surface area contributed by atoms with Crippen molar-refractivity contribution < 1.29 is 14.8 Å². The molecule has 2 aromatic carbocycles. The highest BCUT2D eigenvalue weighted by molar-refractivity contribution is 6.07. The zero-order valence-corrected chi connectivity index (χ0v) is 11.9. The molecular formula is C16H13N3O4. The lowest BCUT2D eigenvalue weighted by molar-refractivity contribution is -0.384. The number of hydrogen-bond donors (Lipinski definition) is 3. The van der Waals surface area contributed by atoms with Gasteiger partial charge in [-0.2, -0.15) is 0 Å². The quantitative estimate of drug-likeness (QED) is 0.592. The van der Waals surface area contributed by atoms with Gasteiger partial charge in [0.1, 0.15) is 17.5 Å². The summed E-state index contributed by atoms with van der Waals surface area (Å²) in [6.07, 6.45) is 1.37. The van der Waals surface area contributed by atoms with Gasteiger partial charge in [-0.1, -0.05) is 36.4 Å². The molecule has 0 bridgehead atoms. The van der Waals surface area contributed by atoms with Gasteiger partial charge in [-0.15, -0.1) is 0 Å². The Labute approximate surface area is 131 Å². The number of hydrogen-bond acceptors (Lipinski definition) is 6. The molecule has 0 saturated carbocycles. The van der Waals surface area contributed by atoms with Crippen LogP contribution in [0.5, 0.6) is 0 Å². The van der Waals surface area contributed by atoms with Crippen molar-refractivity contribution in [3.8, 4) is 0 Å². The molecular weight excluding hydrogens is 298 g/mol. The third-order valence-corrected chi connectivity index (χ3v) is 3.54. The van der Waals surface area contributed by atoms with Crippen molar-refractivity contribution in [3.63, 3.8) is 0 Å². The van der Waals surface area contributed by atoms with E-state index in [1.165, 1.54) is 18.2 Å². The summed E-state index contributed by atoms with van der Waals surface area (Å²) in [5.74, 6) is -0.244. The maximum atomic E-state index is 12.4. The predicted molar refractivity (Wildman–Crippen MR) is 85.0 cm³/mol. The van der Waals surface area contributed by atoms with Gasteiger partial charge in [-0.3, -0.25) is 14.9 Å². The topological polar surface area (TPSA) is 104 Å². The van der Waals surface area contributed by atoms with Gasteiger partial charge in [0.15, 0.2) is 5.78 Å². The summed E-state index contributed by atoms with van der Waals surface area (Å²) in [5.41, 5.74) is 6.38. The minimum atomic E-state index is -0.829. The van der Waals surface area contributed by atoms with Crippen LogP contribution in [0.15, 0.2) is 54.6 Å². The van der Waals surface area contributed by atoms with E-state index in [4.69, 9.17) is 0 Å². The average Bonchev–Trinajstić information content (AvgIpc) is 2.57. The number of nitro benzene ring substituents is 1. The van der Waals surface area contributed by atoms with Crippen molar-refractivity contribution in [2.24, 2.45) is 0 Å². The molecule has 2 aromatic rings. The van der Waals surface area contributed by atoms with Crippen LogP contribution in [0.1, 0.15) is 15.9 Å². The molecule has 0 amide bonds. The number of nitrogens with one attached hydrogen (secondary N) is 2. The predicted octanol–water partition coefficient (Wildman–Crippen LogP) is 2.68. The van der Waals surface area contributed by atoms with E-state index in [0.29, 0.717) is 11.1 Å². The van der Waals surface area contributed by atoms with Crippen molar-refractivity contribution in [2.45, 2.75) is 6.04 Å². The molecule has 0 spiro atoms. The van der Waals surface area contributed by atoms with E-state index in [1.54, 1.807) is 36.4 Å². The number of Topliss-reactive ketones (excluding diaryl/α,β-unsaturated/α-hetero) is 1. The van der Waals surface area contributed by atoms with Gasteiger partial charge < -0.3 is 10.5 Å². The molecule has 0 fully saturated rings. The van der Waals surface area contributed by atoms with E-state index in [-0.39, 0.29) is 22.9 Å². The number of anilines is 1. The molecule has 0 saturated heterocycles. The van der Waals surface area contributed by atoms with Crippen LogP contribution >= 0.6 is 0 Å². The highest BCUT2D eigenvalue weighted by Gasteiger charge is 2.27. The monoisotopic (exact) mass is 311 g/mol. The molecule has 1 atom stereocenters. The lowest BCUT2D eigenvalue weighted by Gasteiger charge is -2.21. The smallest absolute Gasteiger partial charge is 0.293 e. The van der Waals surface area contributed by atoms with E-state index in [1.807, 2.05) is 0 Å². The minimum absolute atomic E-state index is 0.0120. The Morgan fingerprint density at radius 3 is 2.43 bits per heavy atom. The SMILES string of the molecule is O=C1c2ccccc2C(O)=CC1NNc1ccccc1[N+](=O)[O-]. The molecule has 1 aliphatic rings. The molecule has 116 valence electrons. The summed E-state index contributed by atoms with van der Waals surface area (Å²) in [6.45, 7) is 0. The summed E-state index contributed by atoms with van der Waals surface area (Å²) < 4.78 is 0. The average molecular weight is 311 g/mol. The Bertz CT molecular complexity index is 816. The summed E-state index contributed by atoms with van der Waals surface area (Å²) >= 11 is 0. The minimum Gasteiger partial charge on any atom is -0.508 e. The zero-order valence-electron chi connectivity index (χ0n) is 11.9. The van der Waals surface area contributed by atoms with Gasteiger partial charge in [0.2, 0.25) is 0 Å². The first-order valence-corrected chi connectivity index (χ1v) is 6.87. The summed E-state index contributed by atoms with van der Waals surface area (Å²) in [7, 11) is 0. The number of aliphatic hydroxyl groups is 1. The largest absolute Gasteiger partial charge is 0.508 e. The Balaban J connectivity index is 1.82. The Morgan fingerprint density at radius 2 is 1.70 bits per heavy atom. The number of rotatable bonds is 4. The Hall–Kier alpha value is -3.19. The number of carbonyl (C=O) groups excluding carboxylic acids is 1. The van der Waals surface area contributed by atoms with E-state index in [2.05, 4.69) is 10.9 Å². The number of fused-ring (bicyclic) bond motifs is 1. The number of benzene rings is 2. The number of hydrazine groups is 1. The fourth-order valence-electron chi connectivity index (χ4n) is 2.41. The first-order valence-electron chi connectivity index (χ1n) is 6.87. The van der Waals surface area contributed by atoms with Crippen molar-refractivity contribution in [1.29, 1.82) is 0 Å². The van der Waals surface area contributed by atoms with E-state index in [9.17, 15) is 20.0 Å². The van der Waals surface area contributed by atoms with Crippen molar-refractivity contribution >= 4 is 22.9 Å². The number of carbonyl (C=O) groups is 1. The molecule has 1 aliphatic carbocycles. The molecule has 1 unspecified atom stereocenters. The summed E-state index contributed by atoms with van der Waals surface area (Å²) in [6, 6.07) is 12.0. The van der Waals surface area contributed by atoms with Crippen LogP contribution in [-0.4, -0.2) is 21.9 Å². The fourth-order valence-corrected chi connectivity index (χ4v) is 2.41. The third kappa shape index (κ3) is 2.77. The lowest BCUT2D eigenvalue weighted by atomic mass is 9.92. The second-order valence-corrected chi connectivity index (χ2v) is 4.98. The Kier molecular flexibility index (Phi) is 3.78. The summed E-state index contributed by atoms with van der Waals surface area (Å²) in [5, 5.41) is 21.0. The second-order valence-electron chi connectivity index (χ2n) is 4.98. The van der Waals surface area contributed by atoms with Crippen LogP contribution in [-0.2, 0) is 0 Å². The van der Waals surface area contributed by atoms with Crippen LogP contribution in [0.25, 0.3) is 5.76 Å². The van der Waals surface area contributed by atoms with Gasteiger partial charge in [0.25, 0.3) is 5.69 Å². The van der Waals surface area contributed by atoms with E-state index < -0.39 is 11.0 Å². The number of nitro groups is 1. The Morgan fingerprint density at radius 1 is 1.04 bits per heavy atom. The second kappa shape index (κ2) is 5.90. The van der Waals surface area contributed by atoms with Crippen molar-refractivity contribution in [2.75, 3.05) is 5.43 Å². The zero-order chi connectivity index (χ0) is 16.4.